The summed E-state index contributed by atoms with van der Waals surface area (Å²) in [6.07, 6.45) is 0. The van der Waals surface area contributed by atoms with Crippen LogP contribution in [0.4, 0.5) is 0 Å². The third kappa shape index (κ3) is 2.85. The summed E-state index contributed by atoms with van der Waals surface area (Å²) in [6, 6.07) is 4.48. The topological polar surface area (TPSA) is 147 Å². The lowest BCUT2D eigenvalue weighted by Gasteiger charge is -2.11. The molecule has 2 aromatic rings. The zero-order valence-electron chi connectivity index (χ0n) is 10.8. The first-order valence-corrected chi connectivity index (χ1v) is 5.81. The van der Waals surface area contributed by atoms with Crippen molar-refractivity contribution < 1.29 is 39.9 Å². The minimum Gasteiger partial charge on any atom is -0.870 e. The normalized spacial score (nSPS) is 10.2. The van der Waals surface area contributed by atoms with Gasteiger partial charge in [-0.3, -0.25) is 0 Å². The number of carbonyl (C=O) groups excluding carboxylic acids is 1. The maximum Gasteiger partial charge on any atom is 0.343 e. The highest BCUT2D eigenvalue weighted by atomic mass is 16.5. The van der Waals surface area contributed by atoms with Gasteiger partial charge < -0.3 is 30.3 Å². The number of hydrogen-bond acceptors (Lipinski definition) is 7. The zero-order chi connectivity index (χ0) is 16.4. The molecule has 0 aliphatic rings. The van der Waals surface area contributed by atoms with Gasteiger partial charge in [-0.15, -0.1) is 0 Å². The molecule has 114 valence electrons. The molecule has 2 rings (SSSR count). The van der Waals surface area contributed by atoms with E-state index >= 15 is 0 Å². The van der Waals surface area contributed by atoms with Crippen LogP contribution >= 0.6 is 0 Å². The van der Waals surface area contributed by atoms with Gasteiger partial charge in [-0.05, 0) is 12.1 Å². The Bertz CT molecular complexity index is 766. The fraction of sp³-hybridized carbons (Fsp3) is 0. The summed E-state index contributed by atoms with van der Waals surface area (Å²) >= 11 is 0. The lowest BCUT2D eigenvalue weighted by atomic mass is 10.1. The van der Waals surface area contributed by atoms with E-state index in [-0.39, 0.29) is 5.56 Å². The molecular formula is C14H9O8-. The monoisotopic (exact) mass is 305 g/mol. The molecule has 0 atom stereocenters. The van der Waals surface area contributed by atoms with Crippen LogP contribution in [0.1, 0.15) is 20.7 Å². The number of ether oxygens (including phenoxy) is 1. The van der Waals surface area contributed by atoms with Gasteiger partial charge in [0.25, 0.3) is 0 Å². The summed E-state index contributed by atoms with van der Waals surface area (Å²) in [5.74, 6) is -5.90. The van der Waals surface area contributed by atoms with E-state index in [2.05, 4.69) is 0 Å². The van der Waals surface area contributed by atoms with Gasteiger partial charge >= 0.3 is 11.9 Å². The molecule has 0 spiro atoms. The summed E-state index contributed by atoms with van der Waals surface area (Å²) in [4.78, 5) is 22.9. The Morgan fingerprint density at radius 2 is 1.68 bits per heavy atom. The number of esters is 1. The SMILES string of the molecule is O=C(Oc1cc(O)cc(O)c1C(=O)O)c1ccc([O-])c(O)c1. The van der Waals surface area contributed by atoms with Crippen molar-refractivity contribution >= 4 is 11.9 Å². The Labute approximate surface area is 123 Å². The summed E-state index contributed by atoms with van der Waals surface area (Å²) in [5.41, 5.74) is -0.924. The lowest BCUT2D eigenvalue weighted by molar-refractivity contribution is -0.270. The molecule has 0 aliphatic heterocycles. The van der Waals surface area contributed by atoms with E-state index in [1.54, 1.807) is 0 Å². The zero-order valence-corrected chi connectivity index (χ0v) is 10.8. The molecule has 8 nitrogen and oxygen atoms in total. The predicted octanol–water partition coefficient (Wildman–Crippen LogP) is 0.794. The first-order valence-electron chi connectivity index (χ1n) is 5.81. The van der Waals surface area contributed by atoms with E-state index in [9.17, 15) is 30.0 Å². The van der Waals surface area contributed by atoms with Gasteiger partial charge in [-0.25, -0.2) is 9.59 Å². The van der Waals surface area contributed by atoms with E-state index in [0.29, 0.717) is 0 Å². The van der Waals surface area contributed by atoms with E-state index < -0.39 is 46.2 Å². The number of rotatable bonds is 3. The third-order valence-electron chi connectivity index (χ3n) is 2.68. The van der Waals surface area contributed by atoms with Crippen LogP contribution < -0.4 is 9.84 Å². The Kier molecular flexibility index (Phi) is 3.76. The fourth-order valence-corrected chi connectivity index (χ4v) is 1.69. The summed E-state index contributed by atoms with van der Waals surface area (Å²) in [7, 11) is 0. The van der Waals surface area contributed by atoms with E-state index in [1.807, 2.05) is 0 Å². The number of carboxylic acids is 1. The molecular weight excluding hydrogens is 296 g/mol. The van der Waals surface area contributed by atoms with E-state index in [1.165, 1.54) is 0 Å². The van der Waals surface area contributed by atoms with Crippen molar-refractivity contribution in [3.8, 4) is 28.7 Å². The second kappa shape index (κ2) is 5.52. The Morgan fingerprint density at radius 3 is 2.27 bits per heavy atom. The molecule has 0 saturated heterocycles. The van der Waals surface area contributed by atoms with Crippen LogP contribution in [0.3, 0.4) is 0 Å². The number of aromatic hydroxyl groups is 3. The maximum atomic E-state index is 11.9. The first-order chi connectivity index (χ1) is 10.3. The second-order valence-corrected chi connectivity index (χ2v) is 4.22. The standard InChI is InChI=1S/C14H10O8/c15-7-4-10(18)12(13(19)20)11(5-7)22-14(21)6-1-2-8(16)9(17)3-6/h1-5,15-18H,(H,19,20)/p-1. The van der Waals surface area contributed by atoms with Crippen LogP contribution in [0.5, 0.6) is 28.7 Å². The number of carboxylic acid groups (broad SMARTS) is 1. The van der Waals surface area contributed by atoms with Gasteiger partial charge in [0.05, 0.1) is 5.56 Å². The minimum absolute atomic E-state index is 0.212. The Hall–Kier alpha value is -3.42. The molecule has 4 N–H and O–H groups in total. The van der Waals surface area contributed by atoms with Crippen molar-refractivity contribution in [1.82, 2.24) is 0 Å². The van der Waals surface area contributed by atoms with Crippen LogP contribution in [0.2, 0.25) is 0 Å². The summed E-state index contributed by atoms with van der Waals surface area (Å²) in [6.45, 7) is 0. The van der Waals surface area contributed by atoms with Gasteiger partial charge in [0.1, 0.15) is 22.8 Å². The molecule has 0 radical (unpaired) electrons. The second-order valence-electron chi connectivity index (χ2n) is 4.22. The van der Waals surface area contributed by atoms with E-state index in [4.69, 9.17) is 9.84 Å². The number of carbonyl (C=O) groups is 2. The van der Waals surface area contributed by atoms with E-state index in [0.717, 1.165) is 30.3 Å². The number of phenols is 3. The quantitative estimate of drug-likeness (QED) is 0.480. The van der Waals surface area contributed by atoms with Crippen molar-refractivity contribution in [2.75, 3.05) is 0 Å². The summed E-state index contributed by atoms with van der Waals surface area (Å²) < 4.78 is 4.80. The third-order valence-corrected chi connectivity index (χ3v) is 2.68. The average molecular weight is 305 g/mol. The van der Waals surface area contributed by atoms with Gasteiger partial charge in [-0.1, -0.05) is 11.8 Å². The average Bonchev–Trinajstić information content (AvgIpc) is 2.40. The van der Waals surface area contributed by atoms with Crippen molar-refractivity contribution in [2.24, 2.45) is 0 Å². The number of hydrogen-bond donors (Lipinski definition) is 4. The molecule has 0 aromatic heterocycles. The molecule has 8 heteroatoms. The van der Waals surface area contributed by atoms with Gasteiger partial charge in [0.15, 0.2) is 5.75 Å². The molecule has 22 heavy (non-hydrogen) atoms. The van der Waals surface area contributed by atoms with Crippen LogP contribution in [-0.2, 0) is 0 Å². The Morgan fingerprint density at radius 1 is 1.00 bits per heavy atom. The van der Waals surface area contributed by atoms with Crippen molar-refractivity contribution in [3.05, 3.63) is 41.5 Å². The van der Waals surface area contributed by atoms with Crippen LogP contribution in [-0.4, -0.2) is 32.4 Å². The Balaban J connectivity index is 2.39. The highest BCUT2D eigenvalue weighted by Gasteiger charge is 2.21. The van der Waals surface area contributed by atoms with Crippen LogP contribution in [0, 0.1) is 0 Å². The summed E-state index contributed by atoms with van der Waals surface area (Å²) in [5, 5.41) is 48.1. The molecule has 0 saturated carbocycles. The molecule has 0 heterocycles. The van der Waals surface area contributed by atoms with Gasteiger partial charge in [-0.2, -0.15) is 0 Å². The highest BCUT2D eigenvalue weighted by molar-refractivity contribution is 5.97. The maximum absolute atomic E-state index is 11.9. The molecule has 0 unspecified atom stereocenters. The van der Waals surface area contributed by atoms with Gasteiger partial charge in [0.2, 0.25) is 0 Å². The molecule has 0 bridgehead atoms. The fourth-order valence-electron chi connectivity index (χ4n) is 1.69. The number of benzene rings is 2. The largest absolute Gasteiger partial charge is 0.870 e. The van der Waals surface area contributed by atoms with Crippen molar-refractivity contribution in [2.45, 2.75) is 0 Å². The van der Waals surface area contributed by atoms with Crippen molar-refractivity contribution in [1.29, 1.82) is 0 Å². The smallest absolute Gasteiger partial charge is 0.343 e. The number of aromatic carboxylic acids is 1. The van der Waals surface area contributed by atoms with Gasteiger partial charge in [0, 0.05) is 12.1 Å². The minimum atomic E-state index is -1.57. The molecule has 0 amide bonds. The van der Waals surface area contributed by atoms with Crippen LogP contribution in [0.25, 0.3) is 0 Å². The predicted molar refractivity (Wildman–Crippen MR) is 69.2 cm³/mol. The highest BCUT2D eigenvalue weighted by Crippen LogP contribution is 2.33. The first kappa shape index (κ1) is 15.0. The molecule has 2 aromatic carbocycles. The molecule has 0 aliphatic carbocycles. The molecule has 0 fully saturated rings. The van der Waals surface area contributed by atoms with Crippen molar-refractivity contribution in [3.63, 3.8) is 0 Å². The van der Waals surface area contributed by atoms with Crippen LogP contribution in [0.15, 0.2) is 30.3 Å². The number of phenolic OH excluding ortho intramolecular Hbond substituents is 2. The lowest BCUT2D eigenvalue weighted by Crippen LogP contribution is -2.12.